The number of benzene rings is 2. The SMILES string of the molecule is COC1(c2nc3ccccc3s2)Sc2ccccc2N1C. The molecule has 1 aromatic heterocycles. The molecule has 0 saturated heterocycles. The van der Waals surface area contributed by atoms with E-state index in [-0.39, 0.29) is 0 Å². The van der Waals surface area contributed by atoms with Crippen LogP contribution in [0.25, 0.3) is 10.2 Å². The molecule has 0 N–H and O–H groups in total. The third kappa shape index (κ3) is 1.81. The van der Waals surface area contributed by atoms with E-state index in [1.807, 2.05) is 18.2 Å². The van der Waals surface area contributed by atoms with Crippen molar-refractivity contribution in [2.24, 2.45) is 0 Å². The lowest BCUT2D eigenvalue weighted by Gasteiger charge is -2.32. The molecule has 0 saturated carbocycles. The number of hydrogen-bond donors (Lipinski definition) is 0. The molecular weight excluding hydrogens is 300 g/mol. The minimum atomic E-state index is -0.576. The van der Waals surface area contributed by atoms with Crippen molar-refractivity contribution in [3.63, 3.8) is 0 Å². The van der Waals surface area contributed by atoms with Gasteiger partial charge in [0.2, 0.25) is 5.06 Å². The fourth-order valence-corrected chi connectivity index (χ4v) is 5.18. The third-order valence-corrected chi connectivity index (χ3v) is 6.49. The summed E-state index contributed by atoms with van der Waals surface area (Å²) in [6, 6.07) is 16.6. The number of anilines is 1. The average molecular weight is 314 g/mol. The van der Waals surface area contributed by atoms with Crippen LogP contribution in [0.2, 0.25) is 0 Å². The molecule has 0 radical (unpaired) electrons. The van der Waals surface area contributed by atoms with Crippen LogP contribution in [0.4, 0.5) is 5.69 Å². The quantitative estimate of drug-likeness (QED) is 0.704. The van der Waals surface area contributed by atoms with Gasteiger partial charge in [-0.3, -0.25) is 0 Å². The number of fused-ring (bicyclic) bond motifs is 2. The Kier molecular flexibility index (Phi) is 2.96. The van der Waals surface area contributed by atoms with Crippen LogP contribution in [0.1, 0.15) is 5.01 Å². The van der Waals surface area contributed by atoms with Gasteiger partial charge in [-0.05, 0) is 24.3 Å². The van der Waals surface area contributed by atoms with Crippen LogP contribution in [0.3, 0.4) is 0 Å². The molecule has 2 heterocycles. The zero-order valence-electron chi connectivity index (χ0n) is 11.7. The summed E-state index contributed by atoms with van der Waals surface area (Å²) in [7, 11) is 3.82. The molecule has 1 atom stereocenters. The Morgan fingerprint density at radius 2 is 1.86 bits per heavy atom. The second-order valence-electron chi connectivity index (χ2n) is 4.90. The summed E-state index contributed by atoms with van der Waals surface area (Å²) in [6.07, 6.45) is 0. The average Bonchev–Trinajstić information content (AvgIpc) is 3.08. The van der Waals surface area contributed by atoms with Crippen LogP contribution >= 0.6 is 23.1 Å². The van der Waals surface area contributed by atoms with Crippen LogP contribution in [0.5, 0.6) is 0 Å². The first-order chi connectivity index (χ1) is 10.2. The summed E-state index contributed by atoms with van der Waals surface area (Å²) >= 11 is 3.41. The number of para-hydroxylation sites is 2. The number of nitrogens with zero attached hydrogens (tertiary/aromatic N) is 2. The van der Waals surface area contributed by atoms with Gasteiger partial charge in [0, 0.05) is 19.1 Å². The highest BCUT2D eigenvalue weighted by Gasteiger charge is 2.47. The van der Waals surface area contributed by atoms with Gasteiger partial charge in [-0.25, -0.2) is 4.98 Å². The van der Waals surface area contributed by atoms with Crippen LogP contribution in [0.15, 0.2) is 53.4 Å². The summed E-state index contributed by atoms with van der Waals surface area (Å²) in [5.74, 6) is 0. The Balaban J connectivity index is 1.88. The zero-order valence-corrected chi connectivity index (χ0v) is 13.4. The highest BCUT2D eigenvalue weighted by atomic mass is 32.2. The van der Waals surface area contributed by atoms with E-state index in [9.17, 15) is 0 Å². The molecule has 0 amide bonds. The highest BCUT2D eigenvalue weighted by molar-refractivity contribution is 8.00. The van der Waals surface area contributed by atoms with Gasteiger partial charge >= 0.3 is 0 Å². The maximum absolute atomic E-state index is 5.95. The topological polar surface area (TPSA) is 25.4 Å². The molecule has 3 aromatic rings. The zero-order chi connectivity index (χ0) is 14.4. The van der Waals surface area contributed by atoms with Crippen LogP contribution in [0, 0.1) is 0 Å². The van der Waals surface area contributed by atoms with E-state index in [0.717, 1.165) is 10.5 Å². The Labute approximate surface area is 131 Å². The van der Waals surface area contributed by atoms with Gasteiger partial charge in [-0.2, -0.15) is 0 Å². The van der Waals surface area contributed by atoms with E-state index >= 15 is 0 Å². The molecule has 21 heavy (non-hydrogen) atoms. The third-order valence-electron chi connectivity index (χ3n) is 3.76. The molecule has 1 aliphatic rings. The van der Waals surface area contributed by atoms with Crippen molar-refractivity contribution in [1.29, 1.82) is 0 Å². The standard InChI is InChI=1S/C16H14N2OS2/c1-18-12-8-4-6-10-14(12)21-16(18,19-2)15-17-11-7-3-5-9-13(11)20-15/h3-10H,1-2H3. The molecule has 5 heteroatoms. The molecule has 1 aliphatic heterocycles. The molecule has 106 valence electrons. The minimum Gasteiger partial charge on any atom is -0.344 e. The first kappa shape index (κ1) is 13.1. The summed E-state index contributed by atoms with van der Waals surface area (Å²) in [4.78, 5) is 8.20. The number of thioether (sulfide) groups is 1. The van der Waals surface area contributed by atoms with E-state index < -0.39 is 5.06 Å². The number of rotatable bonds is 2. The van der Waals surface area contributed by atoms with Gasteiger partial charge in [0.05, 0.1) is 15.9 Å². The second kappa shape index (κ2) is 4.73. The number of aromatic nitrogens is 1. The molecule has 3 nitrogen and oxygen atoms in total. The molecule has 0 fully saturated rings. The Morgan fingerprint density at radius 3 is 2.62 bits per heavy atom. The molecule has 0 spiro atoms. The predicted octanol–water partition coefficient (Wildman–Crippen LogP) is 4.30. The number of ether oxygens (including phenoxy) is 1. The fraction of sp³-hybridized carbons (Fsp3) is 0.188. The van der Waals surface area contributed by atoms with Crippen molar-refractivity contribution in [3.8, 4) is 0 Å². The maximum Gasteiger partial charge on any atom is 0.248 e. The van der Waals surface area contributed by atoms with E-state index in [1.165, 1.54) is 15.3 Å². The molecular formula is C16H14N2OS2. The largest absolute Gasteiger partial charge is 0.344 e. The Hall–Kier alpha value is -1.56. The van der Waals surface area contributed by atoms with Gasteiger partial charge in [0.25, 0.3) is 0 Å². The van der Waals surface area contributed by atoms with Gasteiger partial charge in [-0.15, -0.1) is 11.3 Å². The van der Waals surface area contributed by atoms with E-state index in [4.69, 9.17) is 9.72 Å². The number of methoxy groups -OCH3 is 1. The lowest BCUT2D eigenvalue weighted by molar-refractivity contribution is 0.0728. The normalized spacial score (nSPS) is 21.0. The first-order valence-electron chi connectivity index (χ1n) is 6.68. The fourth-order valence-electron chi connectivity index (χ4n) is 2.66. The molecule has 4 rings (SSSR count). The summed E-state index contributed by atoms with van der Waals surface area (Å²) < 4.78 is 7.13. The van der Waals surface area contributed by atoms with Gasteiger partial charge in [-0.1, -0.05) is 36.0 Å². The van der Waals surface area contributed by atoms with E-state index in [2.05, 4.69) is 42.3 Å². The summed E-state index contributed by atoms with van der Waals surface area (Å²) in [5, 5.41) is 0.405. The molecule has 2 aromatic carbocycles. The van der Waals surface area contributed by atoms with Gasteiger partial charge in [0.15, 0.2) is 5.01 Å². The van der Waals surface area contributed by atoms with Crippen LogP contribution < -0.4 is 4.90 Å². The minimum absolute atomic E-state index is 0.576. The van der Waals surface area contributed by atoms with Crippen molar-refractivity contribution in [3.05, 3.63) is 53.5 Å². The Bertz CT molecular complexity index is 784. The number of thiazole rings is 1. The van der Waals surface area contributed by atoms with Crippen molar-refractivity contribution in [2.75, 3.05) is 19.1 Å². The smallest absolute Gasteiger partial charge is 0.248 e. The molecule has 1 unspecified atom stereocenters. The molecule has 0 bridgehead atoms. The van der Waals surface area contributed by atoms with Gasteiger partial charge in [0.1, 0.15) is 0 Å². The van der Waals surface area contributed by atoms with Crippen LogP contribution in [-0.4, -0.2) is 19.1 Å². The van der Waals surface area contributed by atoms with E-state index in [0.29, 0.717) is 0 Å². The Morgan fingerprint density at radius 1 is 1.10 bits per heavy atom. The first-order valence-corrected chi connectivity index (χ1v) is 8.31. The summed E-state index contributed by atoms with van der Waals surface area (Å²) in [6.45, 7) is 0. The van der Waals surface area contributed by atoms with Crippen molar-refractivity contribution >= 4 is 39.0 Å². The summed E-state index contributed by atoms with van der Waals surface area (Å²) in [5.41, 5.74) is 2.21. The lowest BCUT2D eigenvalue weighted by Crippen LogP contribution is -2.39. The highest BCUT2D eigenvalue weighted by Crippen LogP contribution is 2.56. The second-order valence-corrected chi connectivity index (χ2v) is 7.13. The van der Waals surface area contributed by atoms with Crippen LogP contribution in [-0.2, 0) is 9.79 Å². The lowest BCUT2D eigenvalue weighted by atomic mass is 10.3. The predicted molar refractivity (Wildman–Crippen MR) is 89.0 cm³/mol. The monoisotopic (exact) mass is 314 g/mol. The van der Waals surface area contributed by atoms with Crippen molar-refractivity contribution < 1.29 is 4.74 Å². The van der Waals surface area contributed by atoms with Crippen molar-refractivity contribution in [1.82, 2.24) is 4.98 Å². The number of hydrogen-bond acceptors (Lipinski definition) is 5. The molecule has 0 aliphatic carbocycles. The maximum atomic E-state index is 5.95. The van der Waals surface area contributed by atoms with E-state index in [1.54, 1.807) is 30.2 Å². The van der Waals surface area contributed by atoms with Crippen molar-refractivity contribution in [2.45, 2.75) is 9.95 Å². The van der Waals surface area contributed by atoms with Gasteiger partial charge < -0.3 is 9.64 Å².